The molecule has 0 aromatic rings. The fraction of sp³-hybridized carbons (Fsp3) is 0.889. The van der Waals surface area contributed by atoms with Crippen molar-refractivity contribution in [2.45, 2.75) is 89.9 Å². The molecule has 1 aliphatic carbocycles. The first kappa shape index (κ1) is 17.5. The third-order valence-electron chi connectivity index (χ3n) is 4.39. The Kier molecular flexibility index (Phi) is 10.7. The molecule has 1 fully saturated rings. The molecule has 0 amide bonds. The van der Waals surface area contributed by atoms with Gasteiger partial charge in [-0.1, -0.05) is 77.6 Å². The molecule has 0 aromatic heterocycles. The maximum Gasteiger partial charge on any atom is 0.305 e. The molecule has 0 heterocycles. The molecule has 0 aromatic carbocycles. The van der Waals surface area contributed by atoms with Crippen LogP contribution in [0.2, 0.25) is 0 Å². The molecule has 2 heteroatoms. The lowest BCUT2D eigenvalue weighted by atomic mass is 9.97. The van der Waals surface area contributed by atoms with Gasteiger partial charge in [0.1, 0.15) is 0 Å². The predicted octanol–water partition coefficient (Wildman–Crippen LogP) is 5.45. The van der Waals surface area contributed by atoms with E-state index < -0.39 is 0 Å². The molecule has 20 heavy (non-hydrogen) atoms. The third kappa shape index (κ3) is 9.39. The van der Waals surface area contributed by atoms with Crippen molar-refractivity contribution in [3.8, 4) is 0 Å². The maximum atomic E-state index is 11.6. The number of ether oxygens (including phenoxy) is 1. The summed E-state index contributed by atoms with van der Waals surface area (Å²) in [6.45, 7) is 4.48. The molecule has 117 valence electrons. The number of hydrogen-bond acceptors (Lipinski definition) is 2. The highest BCUT2D eigenvalue weighted by Gasteiger charge is 2.12. The Labute approximate surface area is 125 Å². The number of unbranched alkanes of at least 4 members (excludes halogenated alkanes) is 5. The number of hydrogen-bond donors (Lipinski definition) is 0. The van der Waals surface area contributed by atoms with E-state index in [2.05, 4.69) is 6.92 Å². The molecule has 1 radical (unpaired) electrons. The number of esters is 1. The molecular weight excluding hydrogens is 248 g/mol. The van der Waals surface area contributed by atoms with Gasteiger partial charge in [0.2, 0.25) is 0 Å². The Balaban J connectivity index is 1.91. The van der Waals surface area contributed by atoms with E-state index in [9.17, 15) is 4.79 Å². The molecule has 0 N–H and O–H groups in total. The average molecular weight is 281 g/mol. The van der Waals surface area contributed by atoms with Gasteiger partial charge < -0.3 is 4.74 Å². The summed E-state index contributed by atoms with van der Waals surface area (Å²) in [6.07, 6.45) is 16.7. The molecule has 0 aliphatic heterocycles. The minimum atomic E-state index is 0.00998. The maximum absolute atomic E-state index is 11.6. The summed E-state index contributed by atoms with van der Waals surface area (Å²) in [4.78, 5) is 11.6. The van der Waals surface area contributed by atoms with E-state index in [1.54, 1.807) is 0 Å². The molecule has 0 atom stereocenters. The van der Waals surface area contributed by atoms with Crippen LogP contribution in [-0.4, -0.2) is 12.6 Å². The van der Waals surface area contributed by atoms with Crippen LogP contribution in [0, 0.1) is 12.8 Å². The molecule has 1 saturated carbocycles. The largest absolute Gasteiger partial charge is 0.466 e. The van der Waals surface area contributed by atoms with Crippen LogP contribution in [0.5, 0.6) is 0 Å². The van der Waals surface area contributed by atoms with Crippen molar-refractivity contribution in [1.29, 1.82) is 0 Å². The van der Waals surface area contributed by atoms with Crippen molar-refractivity contribution in [1.82, 2.24) is 0 Å². The molecule has 1 aliphatic rings. The van der Waals surface area contributed by atoms with E-state index in [0.29, 0.717) is 13.0 Å². The lowest BCUT2D eigenvalue weighted by Crippen LogP contribution is -2.09. The predicted molar refractivity (Wildman–Crippen MR) is 84.4 cm³/mol. The molecule has 0 saturated heterocycles. The van der Waals surface area contributed by atoms with Crippen LogP contribution in [0.1, 0.15) is 89.9 Å². The lowest BCUT2D eigenvalue weighted by Gasteiger charge is -2.13. The summed E-state index contributed by atoms with van der Waals surface area (Å²) < 4.78 is 5.36. The molecule has 0 spiro atoms. The fourth-order valence-electron chi connectivity index (χ4n) is 3.04. The zero-order valence-electron chi connectivity index (χ0n) is 13.2. The Morgan fingerprint density at radius 2 is 1.60 bits per heavy atom. The smallest absolute Gasteiger partial charge is 0.305 e. The van der Waals surface area contributed by atoms with Crippen molar-refractivity contribution in [2.75, 3.05) is 6.61 Å². The van der Waals surface area contributed by atoms with Crippen molar-refractivity contribution >= 4 is 5.97 Å². The molecule has 0 unspecified atom stereocenters. The summed E-state index contributed by atoms with van der Waals surface area (Å²) in [5.74, 6) is 0.809. The highest BCUT2D eigenvalue weighted by atomic mass is 16.5. The van der Waals surface area contributed by atoms with Gasteiger partial charge >= 0.3 is 5.97 Å². The van der Waals surface area contributed by atoms with E-state index in [1.165, 1.54) is 57.8 Å². The fourth-order valence-corrected chi connectivity index (χ4v) is 3.04. The average Bonchev–Trinajstić information content (AvgIpc) is 2.71. The zero-order chi connectivity index (χ0) is 14.5. The van der Waals surface area contributed by atoms with Crippen LogP contribution in [-0.2, 0) is 9.53 Å². The van der Waals surface area contributed by atoms with Crippen molar-refractivity contribution in [3.63, 3.8) is 0 Å². The normalized spacial score (nSPS) is 16.9. The van der Waals surface area contributed by atoms with E-state index >= 15 is 0 Å². The summed E-state index contributed by atoms with van der Waals surface area (Å²) in [6, 6.07) is 0. The van der Waals surface area contributed by atoms with E-state index in [4.69, 9.17) is 4.74 Å². The Bertz CT molecular complexity index is 230. The summed E-state index contributed by atoms with van der Waals surface area (Å²) >= 11 is 0. The zero-order valence-corrected chi connectivity index (χ0v) is 13.2. The quantitative estimate of drug-likeness (QED) is 0.302. The lowest BCUT2D eigenvalue weighted by molar-refractivity contribution is -0.144. The molecular formula is C18H33O2. The number of carbonyl (C=O) groups excluding carboxylic acids is 1. The molecule has 0 bridgehead atoms. The summed E-state index contributed by atoms with van der Waals surface area (Å²) in [5, 5.41) is 0. The second kappa shape index (κ2) is 12.2. The number of rotatable bonds is 10. The van der Waals surface area contributed by atoms with Gasteiger partial charge in [-0.25, -0.2) is 0 Å². The SMILES string of the molecule is [CH2]CCCCCCCC(=O)OCCC1CCCCCC1. The first-order chi connectivity index (χ1) is 9.83. The number of carbonyl (C=O) groups is 1. The van der Waals surface area contributed by atoms with Crippen LogP contribution in [0.4, 0.5) is 0 Å². The van der Waals surface area contributed by atoms with Gasteiger partial charge in [-0.05, 0) is 18.8 Å². The highest BCUT2D eigenvalue weighted by Crippen LogP contribution is 2.25. The Morgan fingerprint density at radius 3 is 2.30 bits per heavy atom. The minimum Gasteiger partial charge on any atom is -0.466 e. The van der Waals surface area contributed by atoms with Crippen LogP contribution >= 0.6 is 0 Å². The van der Waals surface area contributed by atoms with Gasteiger partial charge in [0, 0.05) is 6.42 Å². The first-order valence-corrected chi connectivity index (χ1v) is 8.78. The summed E-state index contributed by atoms with van der Waals surface area (Å²) in [7, 11) is 0. The van der Waals surface area contributed by atoms with Gasteiger partial charge in [-0.15, -0.1) is 0 Å². The van der Waals surface area contributed by atoms with E-state index in [0.717, 1.165) is 31.6 Å². The second-order valence-electron chi connectivity index (χ2n) is 6.24. The van der Waals surface area contributed by atoms with Gasteiger partial charge in [-0.2, -0.15) is 0 Å². The van der Waals surface area contributed by atoms with Gasteiger partial charge in [0.15, 0.2) is 0 Å². The van der Waals surface area contributed by atoms with Crippen LogP contribution < -0.4 is 0 Å². The highest BCUT2D eigenvalue weighted by molar-refractivity contribution is 5.69. The van der Waals surface area contributed by atoms with Crippen LogP contribution in [0.15, 0.2) is 0 Å². The van der Waals surface area contributed by atoms with Crippen molar-refractivity contribution < 1.29 is 9.53 Å². The Morgan fingerprint density at radius 1 is 0.950 bits per heavy atom. The topological polar surface area (TPSA) is 26.3 Å². The van der Waals surface area contributed by atoms with Crippen molar-refractivity contribution in [2.24, 2.45) is 5.92 Å². The van der Waals surface area contributed by atoms with E-state index in [-0.39, 0.29) is 5.97 Å². The second-order valence-corrected chi connectivity index (χ2v) is 6.24. The Hall–Kier alpha value is -0.530. The van der Waals surface area contributed by atoms with Gasteiger partial charge in [0.25, 0.3) is 0 Å². The van der Waals surface area contributed by atoms with Gasteiger partial charge in [-0.3, -0.25) is 4.79 Å². The van der Waals surface area contributed by atoms with Crippen molar-refractivity contribution in [3.05, 3.63) is 6.92 Å². The minimum absolute atomic E-state index is 0.00998. The van der Waals surface area contributed by atoms with Crippen LogP contribution in [0.25, 0.3) is 0 Å². The standard InChI is InChI=1S/C18H33O2/c1-2-3-4-5-6-11-14-18(19)20-16-15-17-12-9-7-8-10-13-17/h17H,1-16H2. The summed E-state index contributed by atoms with van der Waals surface area (Å²) in [5.41, 5.74) is 0. The molecule has 1 rings (SSSR count). The molecule has 2 nitrogen and oxygen atoms in total. The monoisotopic (exact) mass is 281 g/mol. The first-order valence-electron chi connectivity index (χ1n) is 8.78. The van der Waals surface area contributed by atoms with Gasteiger partial charge in [0.05, 0.1) is 6.61 Å². The van der Waals surface area contributed by atoms with Crippen LogP contribution in [0.3, 0.4) is 0 Å². The van der Waals surface area contributed by atoms with E-state index in [1.807, 2.05) is 0 Å². The third-order valence-corrected chi connectivity index (χ3v) is 4.39.